The highest BCUT2D eigenvalue weighted by Crippen LogP contribution is 2.30. The first-order valence-electron chi connectivity index (χ1n) is 6.15. The number of hydrogen-bond donors (Lipinski definition) is 1. The van der Waals surface area contributed by atoms with Crippen molar-refractivity contribution < 1.29 is 9.90 Å². The normalized spacial score (nSPS) is 13.9. The lowest BCUT2D eigenvalue weighted by Crippen LogP contribution is -2.27. The van der Waals surface area contributed by atoms with Crippen molar-refractivity contribution in [1.82, 2.24) is 4.90 Å². The van der Waals surface area contributed by atoms with Crippen LogP contribution in [0.4, 0.5) is 0 Å². The molecule has 1 aromatic rings. The molecule has 1 amide bonds. The zero-order valence-electron chi connectivity index (χ0n) is 10.5. The largest absolute Gasteiger partial charge is 0.395 e. The Morgan fingerprint density at radius 3 is 3.00 bits per heavy atom. The third-order valence-corrected chi connectivity index (χ3v) is 3.83. The van der Waals surface area contributed by atoms with Crippen LogP contribution in [0.1, 0.15) is 33.8 Å². The van der Waals surface area contributed by atoms with E-state index in [1.165, 1.54) is 24.2 Å². The van der Waals surface area contributed by atoms with Crippen LogP contribution in [0, 0.1) is 17.8 Å². The van der Waals surface area contributed by atoms with Crippen LogP contribution in [0.25, 0.3) is 0 Å². The lowest BCUT2D eigenvalue weighted by Gasteiger charge is -2.15. The Balaban J connectivity index is 1.96. The standard InChI is InChI=1S/C14H17NO2S/c1-15(10-11-5-6-11)14(17)13-8-7-12(18-13)4-2-3-9-16/h7-8,11,16H,3,5-6,9-10H2,1H3. The summed E-state index contributed by atoms with van der Waals surface area (Å²) in [5, 5.41) is 8.64. The van der Waals surface area contributed by atoms with Gasteiger partial charge in [-0.2, -0.15) is 0 Å². The summed E-state index contributed by atoms with van der Waals surface area (Å²) >= 11 is 1.42. The Labute approximate surface area is 111 Å². The molecule has 18 heavy (non-hydrogen) atoms. The van der Waals surface area contributed by atoms with Crippen LogP contribution >= 0.6 is 11.3 Å². The van der Waals surface area contributed by atoms with Gasteiger partial charge in [0.15, 0.2) is 0 Å². The lowest BCUT2D eigenvalue weighted by atomic mass is 10.3. The Morgan fingerprint density at radius 1 is 1.56 bits per heavy atom. The summed E-state index contributed by atoms with van der Waals surface area (Å²) in [5.74, 6) is 6.61. The second-order valence-electron chi connectivity index (χ2n) is 4.57. The highest BCUT2D eigenvalue weighted by molar-refractivity contribution is 7.14. The fourth-order valence-electron chi connectivity index (χ4n) is 1.68. The minimum atomic E-state index is 0.0777. The predicted octanol–water partition coefficient (Wildman–Crippen LogP) is 1.96. The van der Waals surface area contributed by atoms with Crippen molar-refractivity contribution in [3.05, 3.63) is 21.9 Å². The van der Waals surface area contributed by atoms with Gasteiger partial charge in [0.1, 0.15) is 0 Å². The van der Waals surface area contributed by atoms with E-state index in [-0.39, 0.29) is 12.5 Å². The number of nitrogens with zero attached hydrogens (tertiary/aromatic N) is 1. The lowest BCUT2D eigenvalue weighted by molar-refractivity contribution is 0.0793. The van der Waals surface area contributed by atoms with Gasteiger partial charge in [0.05, 0.1) is 16.4 Å². The van der Waals surface area contributed by atoms with E-state index in [0.29, 0.717) is 12.3 Å². The average Bonchev–Trinajstić information content (AvgIpc) is 3.05. The summed E-state index contributed by atoms with van der Waals surface area (Å²) < 4.78 is 0. The number of thiophene rings is 1. The molecule has 1 aromatic heterocycles. The Morgan fingerprint density at radius 2 is 2.33 bits per heavy atom. The van der Waals surface area contributed by atoms with Crippen molar-refractivity contribution in [3.8, 4) is 11.8 Å². The zero-order chi connectivity index (χ0) is 13.0. The Kier molecular flexibility index (Phi) is 4.40. The van der Waals surface area contributed by atoms with E-state index in [2.05, 4.69) is 11.8 Å². The van der Waals surface area contributed by atoms with E-state index in [1.54, 1.807) is 4.90 Å². The van der Waals surface area contributed by atoms with Crippen molar-refractivity contribution >= 4 is 17.2 Å². The molecule has 96 valence electrons. The maximum absolute atomic E-state index is 12.1. The van der Waals surface area contributed by atoms with E-state index in [4.69, 9.17) is 5.11 Å². The van der Waals surface area contributed by atoms with Gasteiger partial charge in [-0.25, -0.2) is 0 Å². The molecule has 3 nitrogen and oxygen atoms in total. The highest BCUT2D eigenvalue weighted by Gasteiger charge is 2.25. The van der Waals surface area contributed by atoms with Crippen LogP contribution < -0.4 is 0 Å². The second-order valence-corrected chi connectivity index (χ2v) is 5.65. The molecular formula is C14H17NO2S. The van der Waals surface area contributed by atoms with Crippen molar-refractivity contribution in [2.45, 2.75) is 19.3 Å². The monoisotopic (exact) mass is 263 g/mol. The van der Waals surface area contributed by atoms with Gasteiger partial charge in [-0.15, -0.1) is 11.3 Å². The maximum atomic E-state index is 12.1. The topological polar surface area (TPSA) is 40.5 Å². The van der Waals surface area contributed by atoms with E-state index in [9.17, 15) is 4.79 Å². The molecule has 0 aromatic carbocycles. The zero-order valence-corrected chi connectivity index (χ0v) is 11.3. The number of hydrogen-bond acceptors (Lipinski definition) is 3. The quantitative estimate of drug-likeness (QED) is 0.844. The van der Waals surface area contributed by atoms with Gasteiger partial charge in [0.25, 0.3) is 5.91 Å². The molecule has 0 spiro atoms. The van der Waals surface area contributed by atoms with Crippen molar-refractivity contribution in [2.75, 3.05) is 20.2 Å². The molecule has 0 saturated heterocycles. The van der Waals surface area contributed by atoms with Crippen LogP contribution in [-0.4, -0.2) is 36.1 Å². The van der Waals surface area contributed by atoms with Crippen molar-refractivity contribution in [2.24, 2.45) is 5.92 Å². The summed E-state index contributed by atoms with van der Waals surface area (Å²) in [7, 11) is 1.86. The highest BCUT2D eigenvalue weighted by atomic mass is 32.1. The molecule has 1 aliphatic carbocycles. The molecule has 1 saturated carbocycles. The number of carbonyl (C=O) groups excluding carboxylic acids is 1. The summed E-state index contributed by atoms with van der Waals surface area (Å²) in [6, 6.07) is 3.70. The number of rotatable bonds is 4. The van der Waals surface area contributed by atoms with Crippen molar-refractivity contribution in [3.63, 3.8) is 0 Å². The van der Waals surface area contributed by atoms with Crippen LogP contribution in [0.3, 0.4) is 0 Å². The molecule has 0 bridgehead atoms. The van der Waals surface area contributed by atoms with Gasteiger partial charge in [-0.1, -0.05) is 11.8 Å². The predicted molar refractivity (Wildman–Crippen MR) is 72.6 cm³/mol. The molecule has 2 rings (SSSR count). The van der Waals surface area contributed by atoms with E-state index in [0.717, 1.165) is 16.3 Å². The van der Waals surface area contributed by atoms with Gasteiger partial charge < -0.3 is 10.0 Å². The summed E-state index contributed by atoms with van der Waals surface area (Å²) in [4.78, 5) is 15.5. The van der Waals surface area contributed by atoms with Crippen LogP contribution in [0.5, 0.6) is 0 Å². The molecule has 1 heterocycles. The average molecular weight is 263 g/mol. The van der Waals surface area contributed by atoms with Crippen LogP contribution in [0.15, 0.2) is 12.1 Å². The fourth-order valence-corrected chi connectivity index (χ4v) is 2.56. The molecule has 0 atom stereocenters. The molecule has 1 N–H and O–H groups in total. The minimum absolute atomic E-state index is 0.0777. The minimum Gasteiger partial charge on any atom is -0.395 e. The molecular weight excluding hydrogens is 246 g/mol. The third kappa shape index (κ3) is 3.59. The van der Waals surface area contributed by atoms with Gasteiger partial charge >= 0.3 is 0 Å². The number of aliphatic hydroxyl groups excluding tert-OH is 1. The molecule has 0 radical (unpaired) electrons. The van der Waals surface area contributed by atoms with Crippen LogP contribution in [0.2, 0.25) is 0 Å². The van der Waals surface area contributed by atoms with Crippen LogP contribution in [-0.2, 0) is 0 Å². The molecule has 0 aliphatic heterocycles. The third-order valence-electron chi connectivity index (χ3n) is 2.84. The van der Waals surface area contributed by atoms with E-state index < -0.39 is 0 Å². The van der Waals surface area contributed by atoms with Gasteiger partial charge in [0, 0.05) is 20.0 Å². The molecule has 1 aliphatic rings. The first-order chi connectivity index (χ1) is 8.70. The first kappa shape index (κ1) is 13.1. The smallest absolute Gasteiger partial charge is 0.263 e. The number of carbonyl (C=O) groups is 1. The van der Waals surface area contributed by atoms with Gasteiger partial charge in [-0.05, 0) is 30.9 Å². The summed E-state index contributed by atoms with van der Waals surface area (Å²) in [6.45, 7) is 0.941. The van der Waals surface area contributed by atoms with E-state index in [1.807, 2.05) is 19.2 Å². The second kappa shape index (κ2) is 6.03. The van der Waals surface area contributed by atoms with Gasteiger partial charge in [-0.3, -0.25) is 4.79 Å². The van der Waals surface area contributed by atoms with Gasteiger partial charge in [0.2, 0.25) is 0 Å². The Bertz CT molecular complexity index is 479. The Hall–Kier alpha value is -1.31. The molecule has 4 heteroatoms. The summed E-state index contributed by atoms with van der Waals surface area (Å²) in [5.41, 5.74) is 0. The first-order valence-corrected chi connectivity index (χ1v) is 6.97. The molecule has 1 fully saturated rings. The van der Waals surface area contributed by atoms with Crippen molar-refractivity contribution in [1.29, 1.82) is 0 Å². The number of amides is 1. The van der Waals surface area contributed by atoms with E-state index >= 15 is 0 Å². The number of aliphatic hydroxyl groups is 1. The summed E-state index contributed by atoms with van der Waals surface area (Å²) in [6.07, 6.45) is 2.97. The maximum Gasteiger partial charge on any atom is 0.263 e. The SMILES string of the molecule is CN(CC1CC1)C(=O)c1ccc(C#CCCO)s1. The fraction of sp³-hybridized carbons (Fsp3) is 0.500. The molecule has 0 unspecified atom stereocenters.